The first-order chi connectivity index (χ1) is 5.24. The van der Waals surface area contributed by atoms with Gasteiger partial charge < -0.3 is 0 Å². The van der Waals surface area contributed by atoms with Crippen LogP contribution in [-0.4, -0.2) is 0 Å². The molecule has 0 saturated carbocycles. The molecule has 1 aromatic rings. The second kappa shape index (κ2) is 3.44. The molecule has 1 rings (SSSR count). The van der Waals surface area contributed by atoms with Crippen molar-refractivity contribution in [2.24, 2.45) is 5.18 Å². The van der Waals surface area contributed by atoms with Crippen molar-refractivity contribution in [1.29, 1.82) is 0 Å². The Kier molecular flexibility index (Phi) is 2.54. The van der Waals surface area contributed by atoms with Crippen molar-refractivity contribution in [3.05, 3.63) is 40.6 Å². The van der Waals surface area contributed by atoms with Gasteiger partial charge in [0.1, 0.15) is 5.82 Å². The zero-order valence-corrected chi connectivity index (χ0v) is 6.25. The molecule has 0 aliphatic rings. The van der Waals surface area contributed by atoms with Crippen LogP contribution in [0.3, 0.4) is 0 Å². The molecule has 0 saturated heterocycles. The molecule has 1 unspecified atom stereocenters. The summed E-state index contributed by atoms with van der Waals surface area (Å²) in [6.45, 7) is 0. The highest BCUT2D eigenvalue weighted by molar-refractivity contribution is 6.20. The normalized spacial score (nSPS) is 12.5. The van der Waals surface area contributed by atoms with Crippen LogP contribution in [0.4, 0.5) is 4.39 Å². The molecule has 0 radical (unpaired) electrons. The molecule has 1 atom stereocenters. The highest BCUT2D eigenvalue weighted by Crippen LogP contribution is 2.20. The predicted octanol–water partition coefficient (Wildman–Crippen LogP) is 2.83. The highest BCUT2D eigenvalue weighted by Gasteiger charge is 2.05. The second-order valence-electron chi connectivity index (χ2n) is 1.99. The van der Waals surface area contributed by atoms with Crippen molar-refractivity contribution < 1.29 is 4.39 Å². The van der Waals surface area contributed by atoms with E-state index in [1.165, 1.54) is 24.3 Å². The van der Waals surface area contributed by atoms with Gasteiger partial charge in [-0.1, -0.05) is 23.7 Å². The summed E-state index contributed by atoms with van der Waals surface area (Å²) in [5.74, 6) is -0.358. The van der Waals surface area contributed by atoms with Crippen LogP contribution in [0.5, 0.6) is 0 Å². The summed E-state index contributed by atoms with van der Waals surface area (Å²) in [6, 6.07) is 5.31. The molecule has 4 heteroatoms. The summed E-state index contributed by atoms with van der Waals surface area (Å²) >= 11 is 5.44. The third-order valence-electron chi connectivity index (χ3n) is 1.24. The third-order valence-corrected chi connectivity index (χ3v) is 1.57. The molecule has 0 N–H and O–H groups in total. The van der Waals surface area contributed by atoms with Crippen molar-refractivity contribution in [1.82, 2.24) is 0 Å². The third kappa shape index (κ3) is 1.98. The minimum Gasteiger partial charge on any atom is -0.207 e. The maximum atomic E-state index is 12.3. The van der Waals surface area contributed by atoms with E-state index in [4.69, 9.17) is 11.6 Å². The van der Waals surface area contributed by atoms with Gasteiger partial charge in [-0.05, 0) is 22.9 Å². The number of alkyl halides is 1. The van der Waals surface area contributed by atoms with E-state index in [1.54, 1.807) is 0 Å². The molecular formula is C7H5ClFNO. The fourth-order valence-corrected chi connectivity index (χ4v) is 0.828. The average Bonchev–Trinajstić information content (AvgIpc) is 2.05. The summed E-state index contributed by atoms with van der Waals surface area (Å²) in [6.07, 6.45) is 0. The molecule has 2 nitrogen and oxygen atoms in total. The van der Waals surface area contributed by atoms with Crippen LogP contribution in [0.15, 0.2) is 29.4 Å². The first-order valence-electron chi connectivity index (χ1n) is 2.96. The van der Waals surface area contributed by atoms with Gasteiger partial charge in [0, 0.05) is 0 Å². The van der Waals surface area contributed by atoms with Gasteiger partial charge in [-0.15, -0.1) is 4.91 Å². The van der Waals surface area contributed by atoms with Gasteiger partial charge in [0.15, 0.2) is 5.50 Å². The van der Waals surface area contributed by atoms with E-state index in [0.717, 1.165) is 0 Å². The van der Waals surface area contributed by atoms with Gasteiger partial charge in [0.2, 0.25) is 0 Å². The lowest BCUT2D eigenvalue weighted by atomic mass is 10.2. The average molecular weight is 174 g/mol. The number of nitrogens with zero attached hydrogens (tertiary/aromatic N) is 1. The summed E-state index contributed by atoms with van der Waals surface area (Å²) in [5, 5.41) is 2.58. The van der Waals surface area contributed by atoms with Crippen molar-refractivity contribution in [2.75, 3.05) is 0 Å². The first kappa shape index (κ1) is 8.14. The molecule has 58 valence electrons. The van der Waals surface area contributed by atoms with Crippen molar-refractivity contribution in [3.8, 4) is 0 Å². The van der Waals surface area contributed by atoms with Gasteiger partial charge >= 0.3 is 0 Å². The van der Waals surface area contributed by atoms with E-state index in [-0.39, 0.29) is 5.82 Å². The number of halogens is 2. The number of nitroso groups, excluding NO2 is 1. The number of benzene rings is 1. The van der Waals surface area contributed by atoms with E-state index in [0.29, 0.717) is 5.56 Å². The van der Waals surface area contributed by atoms with Crippen LogP contribution >= 0.6 is 11.6 Å². The molecule has 0 spiro atoms. The fraction of sp³-hybridized carbons (Fsp3) is 0.143. The summed E-state index contributed by atoms with van der Waals surface area (Å²) < 4.78 is 12.3. The standard InChI is InChI=1S/C7H5ClFNO/c8-7(10-11)5-1-3-6(9)4-2-5/h1-4,7H. The smallest absolute Gasteiger partial charge is 0.190 e. The van der Waals surface area contributed by atoms with Crippen molar-refractivity contribution >= 4 is 11.6 Å². The zero-order valence-electron chi connectivity index (χ0n) is 5.50. The summed E-state index contributed by atoms with van der Waals surface area (Å²) in [5.41, 5.74) is -0.418. The van der Waals surface area contributed by atoms with Crippen molar-refractivity contribution in [2.45, 2.75) is 5.50 Å². The molecule has 11 heavy (non-hydrogen) atoms. The Labute approximate surface area is 68.0 Å². The van der Waals surface area contributed by atoms with Crippen LogP contribution < -0.4 is 0 Å². The fourth-order valence-electron chi connectivity index (χ4n) is 0.682. The summed E-state index contributed by atoms with van der Waals surface area (Å²) in [7, 11) is 0. The SMILES string of the molecule is O=NC(Cl)c1ccc(F)cc1. The van der Waals surface area contributed by atoms with Crippen LogP contribution in [-0.2, 0) is 0 Å². The molecule has 0 fully saturated rings. The molecule has 1 aromatic carbocycles. The topological polar surface area (TPSA) is 29.4 Å². The molecule has 0 aromatic heterocycles. The lowest BCUT2D eigenvalue weighted by Crippen LogP contribution is -1.84. The van der Waals surface area contributed by atoms with Crippen molar-refractivity contribution in [3.63, 3.8) is 0 Å². The van der Waals surface area contributed by atoms with Crippen LogP contribution in [0.1, 0.15) is 11.1 Å². The molecule has 0 aliphatic carbocycles. The maximum absolute atomic E-state index is 12.3. The Morgan fingerprint density at radius 1 is 1.36 bits per heavy atom. The molecule has 0 bridgehead atoms. The lowest BCUT2D eigenvalue weighted by Gasteiger charge is -1.98. The van der Waals surface area contributed by atoms with Gasteiger partial charge in [0.05, 0.1) is 0 Å². The minimum atomic E-state index is -0.921. The number of hydrogen-bond donors (Lipinski definition) is 0. The largest absolute Gasteiger partial charge is 0.207 e. The Bertz CT molecular complexity index is 249. The van der Waals surface area contributed by atoms with Gasteiger partial charge in [-0.2, -0.15) is 0 Å². The quantitative estimate of drug-likeness (QED) is 0.384. The number of rotatable bonds is 2. The first-order valence-corrected chi connectivity index (χ1v) is 3.39. The summed E-state index contributed by atoms with van der Waals surface area (Å²) in [4.78, 5) is 9.91. The maximum Gasteiger partial charge on any atom is 0.190 e. The molecule has 0 heterocycles. The molecule has 0 amide bonds. The van der Waals surface area contributed by atoms with Gasteiger partial charge in [-0.3, -0.25) is 0 Å². The highest BCUT2D eigenvalue weighted by atomic mass is 35.5. The molecular weight excluding hydrogens is 169 g/mol. The molecule has 0 aliphatic heterocycles. The zero-order chi connectivity index (χ0) is 8.27. The second-order valence-corrected chi connectivity index (χ2v) is 2.41. The predicted molar refractivity (Wildman–Crippen MR) is 40.8 cm³/mol. The number of hydrogen-bond acceptors (Lipinski definition) is 2. The Morgan fingerprint density at radius 2 is 1.91 bits per heavy atom. The Balaban J connectivity index is 2.89. The van der Waals surface area contributed by atoms with E-state index in [9.17, 15) is 9.30 Å². The van der Waals surface area contributed by atoms with Crippen LogP contribution in [0, 0.1) is 10.7 Å². The lowest BCUT2D eigenvalue weighted by molar-refractivity contribution is 0.627. The van der Waals surface area contributed by atoms with Crippen LogP contribution in [0.25, 0.3) is 0 Å². The Hall–Kier alpha value is -0.960. The minimum absolute atomic E-state index is 0.358. The monoisotopic (exact) mass is 173 g/mol. The van der Waals surface area contributed by atoms with E-state index in [1.807, 2.05) is 0 Å². The van der Waals surface area contributed by atoms with E-state index >= 15 is 0 Å². The van der Waals surface area contributed by atoms with E-state index < -0.39 is 5.50 Å². The Morgan fingerprint density at radius 3 is 2.36 bits per heavy atom. The van der Waals surface area contributed by atoms with E-state index in [2.05, 4.69) is 5.18 Å². The van der Waals surface area contributed by atoms with Gasteiger partial charge in [-0.25, -0.2) is 4.39 Å². The van der Waals surface area contributed by atoms with Crippen LogP contribution in [0.2, 0.25) is 0 Å². The van der Waals surface area contributed by atoms with Gasteiger partial charge in [0.25, 0.3) is 0 Å².